The molecule has 0 aliphatic rings. The second-order valence-electron chi connectivity index (χ2n) is 5.31. The molecule has 0 spiro atoms. The van der Waals surface area contributed by atoms with E-state index in [1.807, 2.05) is 19.1 Å². The van der Waals surface area contributed by atoms with Crippen molar-refractivity contribution in [1.82, 2.24) is 15.0 Å². The first-order valence-electron chi connectivity index (χ1n) is 7.46. The second kappa shape index (κ2) is 6.89. The van der Waals surface area contributed by atoms with Crippen LogP contribution in [0.5, 0.6) is 5.88 Å². The van der Waals surface area contributed by atoms with Gasteiger partial charge in [0.2, 0.25) is 5.88 Å². The highest BCUT2D eigenvalue weighted by Crippen LogP contribution is 2.32. The number of anilines is 2. The van der Waals surface area contributed by atoms with Crippen molar-refractivity contribution < 1.29 is 4.74 Å². The molecule has 1 atom stereocenters. The molecule has 0 saturated heterocycles. The van der Waals surface area contributed by atoms with Gasteiger partial charge >= 0.3 is 0 Å². The van der Waals surface area contributed by atoms with Gasteiger partial charge in [-0.1, -0.05) is 0 Å². The summed E-state index contributed by atoms with van der Waals surface area (Å²) in [5.41, 5.74) is 7.51. The van der Waals surface area contributed by atoms with E-state index in [2.05, 4.69) is 32.6 Å². The van der Waals surface area contributed by atoms with Gasteiger partial charge in [0.25, 0.3) is 0 Å². The minimum atomic E-state index is 0.00347. The number of aryl methyl sites for hydroxylation is 1. The maximum absolute atomic E-state index is 5.89. The van der Waals surface area contributed by atoms with Crippen LogP contribution in [0.1, 0.15) is 18.9 Å². The summed E-state index contributed by atoms with van der Waals surface area (Å²) in [6.45, 7) is 4.62. The van der Waals surface area contributed by atoms with E-state index in [0.29, 0.717) is 12.4 Å². The van der Waals surface area contributed by atoms with Crippen molar-refractivity contribution in [1.29, 1.82) is 0 Å². The number of nitrogens with zero attached hydrogens (tertiary/aromatic N) is 3. The van der Waals surface area contributed by atoms with Crippen LogP contribution in [0.15, 0.2) is 30.0 Å². The monoisotopic (exact) mass is 329 g/mol. The highest BCUT2D eigenvalue weighted by molar-refractivity contribution is 7.17. The molecular weight excluding hydrogens is 310 g/mol. The van der Waals surface area contributed by atoms with Gasteiger partial charge in [-0.15, -0.1) is 11.3 Å². The maximum atomic E-state index is 5.89. The van der Waals surface area contributed by atoms with Crippen LogP contribution in [-0.2, 0) is 0 Å². The van der Waals surface area contributed by atoms with Crippen LogP contribution >= 0.6 is 11.3 Å². The van der Waals surface area contributed by atoms with Crippen molar-refractivity contribution >= 4 is 33.1 Å². The number of nitrogens with one attached hydrogen (secondary N) is 1. The van der Waals surface area contributed by atoms with Gasteiger partial charge in [0.05, 0.1) is 11.5 Å². The Labute approximate surface area is 138 Å². The number of fused-ring (bicyclic) bond motifs is 1. The van der Waals surface area contributed by atoms with Crippen LogP contribution in [0.2, 0.25) is 0 Å². The Hall–Kier alpha value is -2.25. The number of hydrogen-bond donors (Lipinski definition) is 2. The van der Waals surface area contributed by atoms with Gasteiger partial charge in [-0.3, -0.25) is 0 Å². The number of hydrogen-bond acceptors (Lipinski definition) is 7. The Morgan fingerprint density at radius 2 is 2.22 bits per heavy atom. The van der Waals surface area contributed by atoms with Crippen LogP contribution in [0.4, 0.5) is 11.5 Å². The van der Waals surface area contributed by atoms with Crippen LogP contribution in [0.3, 0.4) is 0 Å². The van der Waals surface area contributed by atoms with Gasteiger partial charge in [0, 0.05) is 6.20 Å². The lowest BCUT2D eigenvalue weighted by molar-refractivity contribution is 0.206. The Morgan fingerprint density at radius 1 is 1.35 bits per heavy atom. The fourth-order valence-electron chi connectivity index (χ4n) is 2.30. The molecule has 0 saturated carbocycles. The van der Waals surface area contributed by atoms with Crippen molar-refractivity contribution in [3.63, 3.8) is 0 Å². The molecule has 0 aliphatic heterocycles. The summed E-state index contributed by atoms with van der Waals surface area (Å²) in [4.78, 5) is 14.0. The molecule has 0 aliphatic carbocycles. The van der Waals surface area contributed by atoms with Gasteiger partial charge in [-0.25, -0.2) is 15.0 Å². The Kier molecular flexibility index (Phi) is 4.68. The molecule has 7 heteroatoms. The normalized spacial score (nSPS) is 12.3. The lowest BCUT2D eigenvalue weighted by Crippen LogP contribution is -2.18. The zero-order valence-corrected chi connectivity index (χ0v) is 13.9. The van der Waals surface area contributed by atoms with Gasteiger partial charge in [0.1, 0.15) is 22.7 Å². The average Bonchev–Trinajstić information content (AvgIpc) is 2.92. The topological polar surface area (TPSA) is 86.0 Å². The van der Waals surface area contributed by atoms with E-state index in [-0.39, 0.29) is 6.10 Å². The second-order valence-corrected chi connectivity index (χ2v) is 6.17. The number of rotatable bonds is 6. The summed E-state index contributed by atoms with van der Waals surface area (Å²) < 4.78 is 5.89. The first-order valence-corrected chi connectivity index (χ1v) is 8.34. The van der Waals surface area contributed by atoms with Gasteiger partial charge in [-0.2, -0.15) is 0 Å². The summed E-state index contributed by atoms with van der Waals surface area (Å²) in [6, 6.07) is 3.79. The minimum absolute atomic E-state index is 0.00347. The molecule has 0 bridgehead atoms. The molecule has 0 radical (unpaired) electrons. The van der Waals surface area contributed by atoms with Crippen molar-refractivity contribution in [3.05, 3.63) is 35.6 Å². The first kappa shape index (κ1) is 15.6. The summed E-state index contributed by atoms with van der Waals surface area (Å²) in [7, 11) is 0. The molecule has 23 heavy (non-hydrogen) atoms. The van der Waals surface area contributed by atoms with Gasteiger partial charge < -0.3 is 15.8 Å². The van der Waals surface area contributed by atoms with Crippen molar-refractivity contribution in [2.24, 2.45) is 5.73 Å². The molecule has 3 aromatic rings. The molecule has 0 amide bonds. The molecule has 0 aromatic carbocycles. The van der Waals surface area contributed by atoms with E-state index in [9.17, 15) is 0 Å². The van der Waals surface area contributed by atoms with Gasteiger partial charge in [0.15, 0.2) is 0 Å². The number of aromatic nitrogens is 3. The third-order valence-electron chi connectivity index (χ3n) is 3.46. The largest absolute Gasteiger partial charge is 0.473 e. The molecule has 3 rings (SSSR count). The molecule has 3 heterocycles. The van der Waals surface area contributed by atoms with Crippen LogP contribution in [0, 0.1) is 6.92 Å². The summed E-state index contributed by atoms with van der Waals surface area (Å²) >= 11 is 1.61. The van der Waals surface area contributed by atoms with Crippen LogP contribution < -0.4 is 15.8 Å². The predicted octanol–water partition coefficient (Wildman–Crippen LogP) is 3.25. The van der Waals surface area contributed by atoms with Crippen molar-refractivity contribution in [3.8, 4) is 5.88 Å². The standard InChI is InChI=1S/C16H19N5OS/c1-10-8-23-16-13(10)14(19-9-20-16)21-12-4-3-7-18-15(12)22-11(2)5-6-17/h3-4,7-9,11H,5-6,17H2,1-2H3,(H,19,20,21). The molecular formula is C16H19N5OS. The Morgan fingerprint density at radius 3 is 3.04 bits per heavy atom. The Bertz CT molecular complexity index is 804. The SMILES string of the molecule is Cc1csc2ncnc(Nc3cccnc3OC(C)CCN)c12. The Balaban J connectivity index is 1.92. The van der Waals surface area contributed by atoms with Crippen molar-refractivity contribution in [2.45, 2.75) is 26.4 Å². The fraction of sp³-hybridized carbons (Fsp3) is 0.312. The third kappa shape index (κ3) is 3.40. The molecule has 3 aromatic heterocycles. The highest BCUT2D eigenvalue weighted by atomic mass is 32.1. The van der Waals surface area contributed by atoms with Gasteiger partial charge in [-0.05, 0) is 49.9 Å². The predicted molar refractivity (Wildman–Crippen MR) is 93.4 cm³/mol. The summed E-state index contributed by atoms with van der Waals surface area (Å²) in [5.74, 6) is 1.31. The molecule has 3 N–H and O–H groups in total. The lowest BCUT2D eigenvalue weighted by Gasteiger charge is -2.16. The minimum Gasteiger partial charge on any atom is -0.473 e. The van der Waals surface area contributed by atoms with Crippen LogP contribution in [-0.4, -0.2) is 27.6 Å². The zero-order valence-electron chi connectivity index (χ0n) is 13.1. The number of pyridine rings is 1. The summed E-state index contributed by atoms with van der Waals surface area (Å²) in [5, 5.41) is 6.43. The van der Waals surface area contributed by atoms with E-state index < -0.39 is 0 Å². The first-order chi connectivity index (χ1) is 11.2. The molecule has 6 nitrogen and oxygen atoms in total. The molecule has 1 unspecified atom stereocenters. The third-order valence-corrected chi connectivity index (χ3v) is 4.47. The average molecular weight is 329 g/mol. The van der Waals surface area contributed by atoms with Crippen LogP contribution in [0.25, 0.3) is 10.2 Å². The zero-order chi connectivity index (χ0) is 16.2. The van der Waals surface area contributed by atoms with Crippen molar-refractivity contribution in [2.75, 3.05) is 11.9 Å². The smallest absolute Gasteiger partial charge is 0.238 e. The van der Waals surface area contributed by atoms with E-state index >= 15 is 0 Å². The van der Waals surface area contributed by atoms with E-state index in [1.54, 1.807) is 23.9 Å². The highest BCUT2D eigenvalue weighted by Gasteiger charge is 2.13. The molecule has 0 fully saturated rings. The quantitative estimate of drug-likeness (QED) is 0.722. The summed E-state index contributed by atoms with van der Waals surface area (Å²) in [6.07, 6.45) is 4.05. The fourth-order valence-corrected chi connectivity index (χ4v) is 3.19. The number of nitrogens with two attached hydrogens (primary N) is 1. The van der Waals surface area contributed by atoms with E-state index in [1.165, 1.54) is 0 Å². The van der Waals surface area contributed by atoms with E-state index in [4.69, 9.17) is 10.5 Å². The van der Waals surface area contributed by atoms with E-state index in [0.717, 1.165) is 33.7 Å². The number of thiophene rings is 1. The lowest BCUT2D eigenvalue weighted by atomic mass is 10.2. The molecule has 120 valence electrons. The number of ether oxygens (including phenoxy) is 1. The maximum Gasteiger partial charge on any atom is 0.238 e.